The molecule has 2 N–H and O–H groups in total. The van der Waals surface area contributed by atoms with Crippen LogP contribution < -0.4 is 10.6 Å². The van der Waals surface area contributed by atoms with Crippen molar-refractivity contribution in [3.05, 3.63) is 17.0 Å². The highest BCUT2D eigenvalue weighted by Gasteiger charge is 2.28. The van der Waals surface area contributed by atoms with Gasteiger partial charge in [0.25, 0.3) is 0 Å². The van der Waals surface area contributed by atoms with E-state index in [9.17, 15) is 4.79 Å². The fourth-order valence-electron chi connectivity index (χ4n) is 3.69. The first kappa shape index (κ1) is 21.3. The topological polar surface area (TPSA) is 74.6 Å². The van der Waals surface area contributed by atoms with Crippen molar-refractivity contribution in [1.82, 2.24) is 25.3 Å². The lowest BCUT2D eigenvalue weighted by molar-refractivity contribution is -0.133. The summed E-state index contributed by atoms with van der Waals surface area (Å²) in [6, 6.07) is 0.246. The number of guanidine groups is 1. The van der Waals surface area contributed by atoms with Crippen LogP contribution in [0, 0.1) is 5.92 Å². The Kier molecular flexibility index (Phi) is 7.68. The normalized spacial score (nSPS) is 17.7. The second-order valence-corrected chi connectivity index (χ2v) is 7.47. The van der Waals surface area contributed by atoms with Crippen LogP contribution in [-0.4, -0.2) is 52.2 Å². The summed E-state index contributed by atoms with van der Waals surface area (Å²) >= 11 is 0. The molecule has 7 heteroatoms. The molecular weight excluding hydrogens is 340 g/mol. The molecule has 1 atom stereocenters. The minimum atomic E-state index is 0.0520. The zero-order valence-electron chi connectivity index (χ0n) is 17.8. The van der Waals surface area contributed by atoms with Crippen molar-refractivity contribution in [2.75, 3.05) is 19.6 Å². The largest absolute Gasteiger partial charge is 0.357 e. The third kappa shape index (κ3) is 5.23. The molecule has 2 rings (SSSR count). The van der Waals surface area contributed by atoms with Crippen molar-refractivity contribution >= 4 is 11.9 Å². The molecular formula is C20H36N6O. The van der Waals surface area contributed by atoms with E-state index < -0.39 is 0 Å². The van der Waals surface area contributed by atoms with Crippen LogP contribution >= 0.6 is 0 Å². The fraction of sp³-hybridized carbons (Fsp3) is 0.750. The lowest BCUT2D eigenvalue weighted by Gasteiger charge is -2.20. The van der Waals surface area contributed by atoms with Crippen LogP contribution in [0.15, 0.2) is 4.99 Å². The summed E-state index contributed by atoms with van der Waals surface area (Å²) in [4.78, 5) is 19.0. The fourth-order valence-corrected chi connectivity index (χ4v) is 3.69. The van der Waals surface area contributed by atoms with Crippen LogP contribution in [0.4, 0.5) is 0 Å². The second-order valence-electron chi connectivity index (χ2n) is 7.47. The van der Waals surface area contributed by atoms with Gasteiger partial charge in [-0.3, -0.25) is 9.48 Å². The Morgan fingerprint density at radius 3 is 2.63 bits per heavy atom. The number of hydrogen-bond acceptors (Lipinski definition) is 3. The van der Waals surface area contributed by atoms with Gasteiger partial charge < -0.3 is 15.5 Å². The van der Waals surface area contributed by atoms with Crippen LogP contribution in [-0.2, 0) is 31.2 Å². The number of carbonyl (C=O) groups is 1. The third-order valence-corrected chi connectivity index (χ3v) is 5.10. The summed E-state index contributed by atoms with van der Waals surface area (Å²) in [5.41, 5.74) is 3.62. The molecule has 1 aromatic heterocycles. The number of aryl methyl sites for hydroxylation is 2. The smallest absolute Gasteiger partial charge is 0.225 e. The van der Waals surface area contributed by atoms with E-state index in [-0.39, 0.29) is 17.9 Å². The van der Waals surface area contributed by atoms with Gasteiger partial charge in [0, 0.05) is 49.9 Å². The molecule has 1 unspecified atom stereocenters. The van der Waals surface area contributed by atoms with E-state index in [1.54, 1.807) is 0 Å². The maximum Gasteiger partial charge on any atom is 0.225 e. The first-order valence-electron chi connectivity index (χ1n) is 10.3. The average molecular weight is 377 g/mol. The number of nitrogens with zero attached hydrogens (tertiary/aromatic N) is 4. The Balaban J connectivity index is 2.07. The Labute approximate surface area is 163 Å². The Hall–Kier alpha value is -2.05. The van der Waals surface area contributed by atoms with Crippen molar-refractivity contribution in [3.8, 4) is 0 Å². The highest BCUT2D eigenvalue weighted by atomic mass is 16.2. The molecule has 1 amide bonds. The number of aromatic nitrogens is 2. The summed E-state index contributed by atoms with van der Waals surface area (Å²) in [6.45, 7) is 13.3. The molecule has 0 bridgehead atoms. The van der Waals surface area contributed by atoms with Crippen molar-refractivity contribution < 1.29 is 4.79 Å². The van der Waals surface area contributed by atoms with Crippen LogP contribution in [0.1, 0.15) is 58.0 Å². The molecule has 0 saturated carbocycles. The van der Waals surface area contributed by atoms with Gasteiger partial charge in [-0.2, -0.15) is 5.10 Å². The summed E-state index contributed by atoms with van der Waals surface area (Å²) in [5.74, 6) is 1.10. The van der Waals surface area contributed by atoms with E-state index in [1.807, 2.05) is 30.5 Å². The first-order chi connectivity index (χ1) is 12.9. The Bertz CT molecular complexity index is 664. The monoisotopic (exact) mass is 376 g/mol. The molecule has 152 valence electrons. The molecule has 1 aliphatic rings. The van der Waals surface area contributed by atoms with Crippen molar-refractivity contribution in [2.24, 2.45) is 18.0 Å². The number of nitrogens with one attached hydrogen (secondary N) is 2. The summed E-state index contributed by atoms with van der Waals surface area (Å²) in [6.07, 6.45) is 2.82. The minimum absolute atomic E-state index is 0.0520. The lowest BCUT2D eigenvalue weighted by Crippen LogP contribution is -2.45. The molecule has 0 spiro atoms. The lowest BCUT2D eigenvalue weighted by atomic mass is 10.1. The van der Waals surface area contributed by atoms with E-state index in [4.69, 9.17) is 4.99 Å². The van der Waals surface area contributed by atoms with Crippen LogP contribution in [0.25, 0.3) is 0 Å². The molecule has 27 heavy (non-hydrogen) atoms. The van der Waals surface area contributed by atoms with E-state index in [2.05, 4.69) is 36.5 Å². The van der Waals surface area contributed by atoms with Gasteiger partial charge in [-0.05, 0) is 26.2 Å². The summed E-state index contributed by atoms with van der Waals surface area (Å²) in [7, 11) is 2.01. The standard InChI is InChI=1S/C20H36N6O/c1-7-17-16(18(8-2)25(6)24-17)12-22-20(21-9-3)23-15-10-11-26(13-15)19(27)14(4)5/h14-15H,7-13H2,1-6H3,(H2,21,22,23). The number of carbonyl (C=O) groups excluding carboxylic acids is 1. The number of amides is 1. The molecule has 1 aromatic rings. The van der Waals surface area contributed by atoms with Crippen molar-refractivity contribution in [1.29, 1.82) is 0 Å². The van der Waals surface area contributed by atoms with Gasteiger partial charge in [0.05, 0.1) is 12.2 Å². The zero-order valence-corrected chi connectivity index (χ0v) is 17.8. The molecule has 0 radical (unpaired) electrons. The van der Waals surface area contributed by atoms with E-state index in [0.717, 1.165) is 50.6 Å². The summed E-state index contributed by atoms with van der Waals surface area (Å²) < 4.78 is 1.98. The van der Waals surface area contributed by atoms with Crippen LogP contribution in [0.3, 0.4) is 0 Å². The van der Waals surface area contributed by atoms with Gasteiger partial charge in [0.1, 0.15) is 0 Å². The van der Waals surface area contributed by atoms with Crippen LogP contribution in [0.2, 0.25) is 0 Å². The van der Waals surface area contributed by atoms with E-state index >= 15 is 0 Å². The summed E-state index contributed by atoms with van der Waals surface area (Å²) in [5, 5.41) is 11.5. The van der Waals surface area contributed by atoms with Gasteiger partial charge in [-0.1, -0.05) is 27.7 Å². The third-order valence-electron chi connectivity index (χ3n) is 5.10. The van der Waals surface area contributed by atoms with E-state index in [0.29, 0.717) is 6.54 Å². The second kappa shape index (κ2) is 9.76. The molecule has 0 aromatic carbocycles. The quantitative estimate of drug-likeness (QED) is 0.563. The number of aliphatic imine (C=N–C) groups is 1. The molecule has 1 saturated heterocycles. The average Bonchev–Trinajstić information content (AvgIpc) is 3.22. The molecule has 7 nitrogen and oxygen atoms in total. The maximum atomic E-state index is 12.2. The molecule has 1 fully saturated rings. The van der Waals surface area contributed by atoms with E-state index in [1.165, 1.54) is 11.3 Å². The molecule has 2 heterocycles. The number of hydrogen-bond donors (Lipinski definition) is 2. The van der Waals surface area contributed by atoms with Crippen LogP contribution in [0.5, 0.6) is 0 Å². The molecule has 0 aliphatic carbocycles. The van der Waals surface area contributed by atoms with Gasteiger partial charge in [0.15, 0.2) is 5.96 Å². The van der Waals surface area contributed by atoms with Gasteiger partial charge in [-0.15, -0.1) is 0 Å². The Morgan fingerprint density at radius 2 is 2.04 bits per heavy atom. The predicted molar refractivity (Wildman–Crippen MR) is 110 cm³/mol. The zero-order chi connectivity index (χ0) is 20.0. The number of likely N-dealkylation sites (tertiary alicyclic amines) is 1. The molecule has 1 aliphatic heterocycles. The predicted octanol–water partition coefficient (Wildman–Crippen LogP) is 1.86. The maximum absolute atomic E-state index is 12.2. The Morgan fingerprint density at radius 1 is 1.30 bits per heavy atom. The minimum Gasteiger partial charge on any atom is -0.357 e. The van der Waals surface area contributed by atoms with Gasteiger partial charge in [-0.25, -0.2) is 4.99 Å². The van der Waals surface area contributed by atoms with Gasteiger partial charge in [0.2, 0.25) is 5.91 Å². The van der Waals surface area contributed by atoms with Gasteiger partial charge >= 0.3 is 0 Å². The van der Waals surface area contributed by atoms with Crippen molar-refractivity contribution in [3.63, 3.8) is 0 Å². The highest BCUT2D eigenvalue weighted by molar-refractivity contribution is 5.81. The SMILES string of the molecule is CCNC(=NCc1c(CC)nn(C)c1CC)NC1CCN(C(=O)C(C)C)C1. The first-order valence-corrected chi connectivity index (χ1v) is 10.3. The number of rotatable bonds is 7. The highest BCUT2D eigenvalue weighted by Crippen LogP contribution is 2.17. The van der Waals surface area contributed by atoms with Crippen molar-refractivity contribution in [2.45, 2.75) is 66.5 Å².